The van der Waals surface area contributed by atoms with Crippen LogP contribution in [0.15, 0.2) is 88.8 Å². The second-order valence-corrected chi connectivity index (χ2v) is 9.28. The highest BCUT2D eigenvalue weighted by molar-refractivity contribution is 7.98. The van der Waals surface area contributed by atoms with Gasteiger partial charge in [-0.2, -0.15) is 5.26 Å². The van der Waals surface area contributed by atoms with E-state index in [1.165, 1.54) is 11.8 Å². The van der Waals surface area contributed by atoms with Crippen molar-refractivity contribution in [3.8, 4) is 17.3 Å². The molecule has 7 nitrogen and oxygen atoms in total. The molecule has 0 aliphatic rings. The monoisotopic (exact) mass is 531 g/mol. The zero-order valence-electron chi connectivity index (χ0n) is 18.6. The molecule has 0 saturated carbocycles. The predicted octanol–water partition coefficient (Wildman–Crippen LogP) is 5.38. The highest BCUT2D eigenvalue weighted by atomic mass is 35.5. The van der Waals surface area contributed by atoms with Crippen molar-refractivity contribution in [2.45, 2.75) is 10.9 Å². The van der Waals surface area contributed by atoms with E-state index in [9.17, 15) is 14.9 Å². The number of nitriles is 1. The van der Waals surface area contributed by atoms with Crippen LogP contribution in [0.3, 0.4) is 0 Å². The van der Waals surface area contributed by atoms with Gasteiger partial charge in [-0.15, -0.1) is 0 Å². The van der Waals surface area contributed by atoms with Crippen molar-refractivity contribution in [2.75, 3.05) is 5.32 Å². The molecule has 4 aromatic rings. The van der Waals surface area contributed by atoms with E-state index in [1.54, 1.807) is 36.4 Å². The number of nitrogens with zero attached hydrogens (tertiary/aromatic N) is 2. The molecule has 0 spiro atoms. The largest absolute Gasteiger partial charge is 0.332 e. The molecule has 0 saturated heterocycles. The molecule has 36 heavy (non-hydrogen) atoms. The van der Waals surface area contributed by atoms with E-state index >= 15 is 0 Å². The summed E-state index contributed by atoms with van der Waals surface area (Å²) in [6, 6.07) is 25.0. The fraction of sp³-hybridized carbons (Fsp3) is 0.0385. The van der Waals surface area contributed by atoms with E-state index in [4.69, 9.17) is 23.8 Å². The summed E-state index contributed by atoms with van der Waals surface area (Å²) in [5, 5.41) is 16.2. The SMILES string of the molecule is N#Cc1c(-c2ccc(Cl)cc2)nc(SCc2ccc(C(=O)NC(=S)Nc3ccccc3)cc2)[nH]c1=O. The second-order valence-electron chi connectivity index (χ2n) is 7.47. The summed E-state index contributed by atoms with van der Waals surface area (Å²) in [6.07, 6.45) is 0. The summed E-state index contributed by atoms with van der Waals surface area (Å²) in [5.41, 5.74) is 2.51. The van der Waals surface area contributed by atoms with Crippen LogP contribution in [0.1, 0.15) is 21.5 Å². The van der Waals surface area contributed by atoms with Crippen LogP contribution >= 0.6 is 35.6 Å². The van der Waals surface area contributed by atoms with E-state index in [0.29, 0.717) is 32.8 Å². The van der Waals surface area contributed by atoms with Crippen LogP contribution in [-0.2, 0) is 5.75 Å². The minimum absolute atomic E-state index is 0.0586. The first kappa shape index (κ1) is 25.1. The van der Waals surface area contributed by atoms with Crippen molar-refractivity contribution < 1.29 is 4.79 Å². The molecule has 3 aromatic carbocycles. The molecule has 4 rings (SSSR count). The van der Waals surface area contributed by atoms with Gasteiger partial charge in [0, 0.05) is 27.6 Å². The summed E-state index contributed by atoms with van der Waals surface area (Å²) in [4.78, 5) is 32.1. The van der Waals surface area contributed by atoms with Crippen molar-refractivity contribution in [3.63, 3.8) is 0 Å². The quantitative estimate of drug-likeness (QED) is 0.174. The highest BCUT2D eigenvalue weighted by Crippen LogP contribution is 2.25. The van der Waals surface area contributed by atoms with Gasteiger partial charge in [0.2, 0.25) is 0 Å². The maximum atomic E-state index is 12.5. The zero-order valence-corrected chi connectivity index (χ0v) is 21.0. The van der Waals surface area contributed by atoms with Gasteiger partial charge in [0.1, 0.15) is 11.6 Å². The molecule has 0 fully saturated rings. The van der Waals surface area contributed by atoms with Gasteiger partial charge in [-0.3, -0.25) is 14.9 Å². The van der Waals surface area contributed by atoms with Gasteiger partial charge in [-0.1, -0.05) is 65.8 Å². The summed E-state index contributed by atoms with van der Waals surface area (Å²) >= 11 is 12.5. The molecular formula is C26H18ClN5O2S2. The van der Waals surface area contributed by atoms with Crippen LogP contribution in [0.2, 0.25) is 5.02 Å². The van der Waals surface area contributed by atoms with Crippen LogP contribution in [0, 0.1) is 11.3 Å². The Kier molecular flexibility index (Phi) is 8.13. The average molecular weight is 532 g/mol. The molecule has 3 N–H and O–H groups in total. The number of aromatic nitrogens is 2. The van der Waals surface area contributed by atoms with Crippen molar-refractivity contribution in [1.82, 2.24) is 15.3 Å². The van der Waals surface area contributed by atoms with Crippen LogP contribution in [0.5, 0.6) is 0 Å². The number of thiocarbonyl (C=S) groups is 1. The van der Waals surface area contributed by atoms with Gasteiger partial charge < -0.3 is 10.3 Å². The second kappa shape index (κ2) is 11.6. The minimum atomic E-state index is -0.507. The lowest BCUT2D eigenvalue weighted by Crippen LogP contribution is -2.34. The number of carbonyl (C=O) groups is 1. The summed E-state index contributed by atoms with van der Waals surface area (Å²) in [5.74, 6) is 0.165. The number of anilines is 1. The maximum Gasteiger partial charge on any atom is 0.270 e. The number of benzene rings is 3. The van der Waals surface area contributed by atoms with Crippen LogP contribution < -0.4 is 16.2 Å². The number of thioether (sulfide) groups is 1. The van der Waals surface area contributed by atoms with Gasteiger partial charge >= 0.3 is 0 Å². The number of hydrogen-bond acceptors (Lipinski definition) is 6. The Balaban J connectivity index is 1.41. The molecule has 0 aliphatic carbocycles. The summed E-state index contributed by atoms with van der Waals surface area (Å²) < 4.78 is 0. The van der Waals surface area contributed by atoms with Crippen molar-refractivity contribution in [2.24, 2.45) is 0 Å². The van der Waals surface area contributed by atoms with Crippen LogP contribution in [0.4, 0.5) is 5.69 Å². The predicted molar refractivity (Wildman–Crippen MR) is 146 cm³/mol. The number of rotatable bonds is 6. The number of carbonyl (C=O) groups excluding carboxylic acids is 1. The van der Waals surface area contributed by atoms with Crippen molar-refractivity contribution in [3.05, 3.63) is 111 Å². The number of H-pyrrole nitrogens is 1. The van der Waals surface area contributed by atoms with Crippen LogP contribution in [-0.4, -0.2) is 21.0 Å². The molecule has 0 radical (unpaired) electrons. The molecule has 1 aromatic heterocycles. The molecule has 178 valence electrons. The third-order valence-electron chi connectivity index (χ3n) is 4.98. The molecule has 0 atom stereocenters. The van der Waals surface area contributed by atoms with Gasteiger partial charge in [-0.25, -0.2) is 4.98 Å². The average Bonchev–Trinajstić information content (AvgIpc) is 2.88. The first-order valence-corrected chi connectivity index (χ1v) is 12.4. The van der Waals surface area contributed by atoms with E-state index < -0.39 is 5.56 Å². The molecule has 1 amide bonds. The fourth-order valence-corrected chi connectivity index (χ4v) is 4.36. The molecule has 0 unspecified atom stereocenters. The summed E-state index contributed by atoms with van der Waals surface area (Å²) in [6.45, 7) is 0. The Hall–Kier alpha value is -3.97. The third kappa shape index (κ3) is 6.37. The number of halogens is 1. The lowest BCUT2D eigenvalue weighted by atomic mass is 10.1. The number of amides is 1. The Bertz CT molecular complexity index is 1500. The molecule has 10 heteroatoms. The van der Waals surface area contributed by atoms with Gasteiger partial charge in [0.25, 0.3) is 11.5 Å². The Morgan fingerprint density at radius 2 is 1.75 bits per heavy atom. The number of nitrogens with one attached hydrogen (secondary N) is 3. The van der Waals surface area contributed by atoms with Gasteiger partial charge in [-0.05, 0) is 54.2 Å². The van der Waals surface area contributed by atoms with E-state index in [2.05, 4.69) is 20.6 Å². The van der Waals surface area contributed by atoms with E-state index in [-0.39, 0.29) is 16.6 Å². The first-order valence-electron chi connectivity index (χ1n) is 10.6. The Labute approximate surface area is 221 Å². The number of aromatic amines is 1. The van der Waals surface area contributed by atoms with Crippen molar-refractivity contribution >= 4 is 52.3 Å². The third-order valence-corrected chi connectivity index (χ3v) is 6.38. The van der Waals surface area contributed by atoms with E-state index in [1.807, 2.05) is 48.5 Å². The smallest absolute Gasteiger partial charge is 0.270 e. The minimum Gasteiger partial charge on any atom is -0.332 e. The summed E-state index contributed by atoms with van der Waals surface area (Å²) in [7, 11) is 0. The molecule has 1 heterocycles. The first-order chi connectivity index (χ1) is 17.4. The Morgan fingerprint density at radius 3 is 2.42 bits per heavy atom. The van der Waals surface area contributed by atoms with Gasteiger partial charge in [0.05, 0.1) is 5.69 Å². The number of hydrogen-bond donors (Lipinski definition) is 3. The molecule has 0 bridgehead atoms. The number of para-hydroxylation sites is 1. The Morgan fingerprint density at radius 1 is 1.06 bits per heavy atom. The highest BCUT2D eigenvalue weighted by Gasteiger charge is 2.14. The van der Waals surface area contributed by atoms with E-state index in [0.717, 1.165) is 11.3 Å². The van der Waals surface area contributed by atoms with Gasteiger partial charge in [0.15, 0.2) is 10.3 Å². The maximum absolute atomic E-state index is 12.5. The zero-order chi connectivity index (χ0) is 25.5. The molecule has 0 aliphatic heterocycles. The topological polar surface area (TPSA) is 111 Å². The fourth-order valence-electron chi connectivity index (χ4n) is 3.20. The lowest BCUT2D eigenvalue weighted by Gasteiger charge is -2.10. The van der Waals surface area contributed by atoms with Crippen LogP contribution in [0.25, 0.3) is 11.3 Å². The molecular weight excluding hydrogens is 514 g/mol. The lowest BCUT2D eigenvalue weighted by molar-refractivity contribution is 0.0977. The normalized spacial score (nSPS) is 10.3. The standard InChI is InChI=1S/C26H18ClN5O2S2/c27-19-12-10-17(11-13-19)22-21(14-28)24(34)32-26(30-22)36-15-16-6-8-18(9-7-16)23(33)31-25(35)29-20-4-2-1-3-5-20/h1-13H,15H2,(H,30,32,34)(H2,29,31,33,35). The van der Waals surface area contributed by atoms with Crippen molar-refractivity contribution in [1.29, 1.82) is 5.26 Å².